The summed E-state index contributed by atoms with van der Waals surface area (Å²) in [4.78, 5) is 24.9. The maximum Gasteiger partial charge on any atom is 0.240 e. The number of carbonyl (C=O) groups is 2. The lowest BCUT2D eigenvalue weighted by Gasteiger charge is -2.55. The van der Waals surface area contributed by atoms with Crippen LogP contribution < -0.4 is 21.5 Å². The lowest BCUT2D eigenvalue weighted by molar-refractivity contribution is -0.146. The number of hydrazine groups is 1. The van der Waals surface area contributed by atoms with Gasteiger partial charge < -0.3 is 10.6 Å². The molecule has 7 heteroatoms. The number of hydrogen-bond acceptors (Lipinski definition) is 3. The average Bonchev–Trinajstić information content (AvgIpc) is 2.70. The second kappa shape index (κ2) is 8.69. The summed E-state index contributed by atoms with van der Waals surface area (Å²) >= 11 is 5.17. The molecule has 4 aliphatic carbocycles. The summed E-state index contributed by atoms with van der Waals surface area (Å²) < 4.78 is 0. The fourth-order valence-corrected chi connectivity index (χ4v) is 6.00. The van der Waals surface area contributed by atoms with E-state index in [9.17, 15) is 9.59 Å². The van der Waals surface area contributed by atoms with E-state index in [0.29, 0.717) is 18.2 Å². The highest BCUT2D eigenvalue weighted by molar-refractivity contribution is 7.80. The fourth-order valence-electron chi connectivity index (χ4n) is 5.88. The zero-order valence-corrected chi connectivity index (χ0v) is 17.5. The van der Waals surface area contributed by atoms with Gasteiger partial charge in [0.2, 0.25) is 11.8 Å². The molecule has 4 fully saturated rings. The van der Waals surface area contributed by atoms with Crippen molar-refractivity contribution in [1.82, 2.24) is 21.5 Å². The predicted molar refractivity (Wildman–Crippen MR) is 115 cm³/mol. The van der Waals surface area contributed by atoms with E-state index in [1.807, 2.05) is 30.3 Å². The molecule has 1 aromatic rings. The molecular weight excluding hydrogens is 384 g/mol. The van der Waals surface area contributed by atoms with Crippen LogP contribution in [0.1, 0.15) is 50.5 Å². The maximum atomic E-state index is 12.9. The van der Waals surface area contributed by atoms with Gasteiger partial charge in [-0.15, -0.1) is 0 Å². The zero-order chi connectivity index (χ0) is 20.3. The first-order valence-corrected chi connectivity index (χ1v) is 11.1. The van der Waals surface area contributed by atoms with Gasteiger partial charge in [0, 0.05) is 24.9 Å². The van der Waals surface area contributed by atoms with Crippen LogP contribution in [0.3, 0.4) is 0 Å². The van der Waals surface area contributed by atoms with Crippen LogP contribution in [0.5, 0.6) is 0 Å². The SMILES string of the molecule is O=C(CCNC(=O)C12CC3CC(CC(C3)C1)C2)NNC(=S)NCc1ccccc1. The first-order chi connectivity index (χ1) is 14.0. The van der Waals surface area contributed by atoms with E-state index in [1.54, 1.807) is 0 Å². The van der Waals surface area contributed by atoms with Gasteiger partial charge in [-0.25, -0.2) is 0 Å². The van der Waals surface area contributed by atoms with Gasteiger partial charge in [0.15, 0.2) is 5.11 Å². The van der Waals surface area contributed by atoms with Gasteiger partial charge in [-0.3, -0.25) is 20.4 Å². The second-order valence-electron chi connectivity index (χ2n) is 9.05. The van der Waals surface area contributed by atoms with E-state index in [4.69, 9.17) is 12.2 Å². The van der Waals surface area contributed by atoms with Crippen LogP contribution in [0.15, 0.2) is 30.3 Å². The molecule has 4 bridgehead atoms. The van der Waals surface area contributed by atoms with Crippen molar-refractivity contribution < 1.29 is 9.59 Å². The standard InChI is InChI=1S/C22H30N4O2S/c27-19(25-26-21(29)24-14-15-4-2-1-3-5-15)6-7-23-20(28)22-11-16-8-17(12-22)10-18(9-16)13-22/h1-5,16-18H,6-14H2,(H,23,28)(H,25,27)(H2,24,26,29). The molecule has 0 atom stereocenters. The summed E-state index contributed by atoms with van der Waals surface area (Å²) in [7, 11) is 0. The van der Waals surface area contributed by atoms with Crippen LogP contribution in [-0.2, 0) is 16.1 Å². The van der Waals surface area contributed by atoms with Crippen LogP contribution in [0.2, 0.25) is 0 Å². The Balaban J connectivity index is 1.13. The van der Waals surface area contributed by atoms with Crippen LogP contribution in [0.25, 0.3) is 0 Å². The van der Waals surface area contributed by atoms with E-state index in [2.05, 4.69) is 21.5 Å². The predicted octanol–water partition coefficient (Wildman–Crippen LogP) is 2.40. The Kier molecular flexibility index (Phi) is 6.04. The monoisotopic (exact) mass is 414 g/mol. The number of hydrogen-bond donors (Lipinski definition) is 4. The Hall–Kier alpha value is -2.15. The molecule has 4 N–H and O–H groups in total. The molecule has 1 aromatic carbocycles. The Bertz CT molecular complexity index is 732. The van der Waals surface area contributed by atoms with Gasteiger partial charge >= 0.3 is 0 Å². The normalized spacial score (nSPS) is 29.2. The number of rotatable bonds is 6. The molecular formula is C22H30N4O2S. The molecule has 0 heterocycles. The van der Waals surface area contributed by atoms with Crippen molar-refractivity contribution in [2.24, 2.45) is 23.2 Å². The molecule has 0 unspecified atom stereocenters. The summed E-state index contributed by atoms with van der Waals surface area (Å²) in [5.41, 5.74) is 6.24. The number of thiocarbonyl (C=S) groups is 1. The third-order valence-corrected chi connectivity index (χ3v) is 7.02. The Morgan fingerprint density at radius 2 is 1.55 bits per heavy atom. The van der Waals surface area contributed by atoms with Crippen molar-refractivity contribution in [3.8, 4) is 0 Å². The van der Waals surface area contributed by atoms with Gasteiger partial charge in [-0.1, -0.05) is 30.3 Å². The molecule has 4 saturated carbocycles. The highest BCUT2D eigenvalue weighted by atomic mass is 32.1. The molecule has 5 rings (SSSR count). The van der Waals surface area contributed by atoms with E-state index >= 15 is 0 Å². The highest BCUT2D eigenvalue weighted by Gasteiger charge is 2.54. The molecule has 0 spiro atoms. The number of benzene rings is 1. The van der Waals surface area contributed by atoms with E-state index < -0.39 is 0 Å². The minimum Gasteiger partial charge on any atom is -0.357 e. The first kappa shape index (κ1) is 20.1. The van der Waals surface area contributed by atoms with Crippen LogP contribution >= 0.6 is 12.2 Å². The van der Waals surface area contributed by atoms with E-state index in [1.165, 1.54) is 19.3 Å². The third-order valence-electron chi connectivity index (χ3n) is 6.77. The molecule has 2 amide bonds. The van der Waals surface area contributed by atoms with Crippen LogP contribution in [0.4, 0.5) is 0 Å². The Morgan fingerprint density at radius 3 is 2.17 bits per heavy atom. The fraction of sp³-hybridized carbons (Fsp3) is 0.591. The zero-order valence-electron chi connectivity index (χ0n) is 16.7. The molecule has 29 heavy (non-hydrogen) atoms. The molecule has 0 saturated heterocycles. The van der Waals surface area contributed by atoms with E-state index in [-0.39, 0.29) is 23.7 Å². The minimum atomic E-state index is -0.195. The van der Waals surface area contributed by atoms with Crippen LogP contribution in [-0.4, -0.2) is 23.5 Å². The van der Waals surface area contributed by atoms with Gasteiger partial charge in [-0.05, 0) is 74.1 Å². The van der Waals surface area contributed by atoms with Gasteiger partial charge in [0.1, 0.15) is 0 Å². The summed E-state index contributed by atoms with van der Waals surface area (Å²) in [6.45, 7) is 0.946. The van der Waals surface area contributed by atoms with Gasteiger partial charge in [0.25, 0.3) is 0 Å². The van der Waals surface area contributed by atoms with Crippen molar-refractivity contribution in [3.05, 3.63) is 35.9 Å². The smallest absolute Gasteiger partial charge is 0.240 e. The van der Waals surface area contributed by atoms with Crippen molar-refractivity contribution >= 4 is 29.1 Å². The number of carbonyl (C=O) groups excluding carboxylic acids is 2. The minimum absolute atomic E-state index is 0.160. The Labute approximate surface area is 177 Å². The van der Waals surface area contributed by atoms with Crippen molar-refractivity contribution in [2.45, 2.75) is 51.5 Å². The molecule has 0 aromatic heterocycles. The largest absolute Gasteiger partial charge is 0.357 e. The highest BCUT2D eigenvalue weighted by Crippen LogP contribution is 2.60. The molecule has 0 aliphatic heterocycles. The second-order valence-corrected chi connectivity index (χ2v) is 9.45. The molecule has 6 nitrogen and oxygen atoms in total. The summed E-state index contributed by atoms with van der Waals surface area (Å²) in [5, 5.41) is 6.43. The first-order valence-electron chi connectivity index (χ1n) is 10.7. The van der Waals surface area contributed by atoms with Crippen molar-refractivity contribution in [3.63, 3.8) is 0 Å². The lowest BCUT2D eigenvalue weighted by atomic mass is 9.49. The third kappa shape index (κ3) is 4.89. The van der Waals surface area contributed by atoms with E-state index in [0.717, 1.165) is 42.6 Å². The van der Waals surface area contributed by atoms with Gasteiger partial charge in [-0.2, -0.15) is 0 Å². The Morgan fingerprint density at radius 1 is 0.931 bits per heavy atom. The summed E-state index contributed by atoms with van der Waals surface area (Å²) in [6, 6.07) is 9.89. The van der Waals surface area contributed by atoms with Crippen molar-refractivity contribution in [2.75, 3.05) is 6.54 Å². The lowest BCUT2D eigenvalue weighted by Crippen LogP contribution is -2.54. The van der Waals surface area contributed by atoms with Crippen LogP contribution in [0, 0.1) is 23.2 Å². The summed E-state index contributed by atoms with van der Waals surface area (Å²) in [5.74, 6) is 2.19. The maximum absolute atomic E-state index is 12.9. The molecule has 156 valence electrons. The number of amides is 2. The number of nitrogens with one attached hydrogen (secondary N) is 4. The molecule has 0 radical (unpaired) electrons. The topological polar surface area (TPSA) is 82.3 Å². The van der Waals surface area contributed by atoms with Gasteiger partial charge in [0.05, 0.1) is 0 Å². The summed E-state index contributed by atoms with van der Waals surface area (Å²) in [6.07, 6.45) is 7.31. The van der Waals surface area contributed by atoms with Crippen molar-refractivity contribution in [1.29, 1.82) is 0 Å². The quantitative estimate of drug-likeness (QED) is 0.425. The average molecular weight is 415 g/mol. The molecule has 4 aliphatic rings.